The number of aromatic nitrogens is 1. The third-order valence-electron chi connectivity index (χ3n) is 6.40. The minimum absolute atomic E-state index is 0.170. The third-order valence-corrected chi connectivity index (χ3v) is 8.42. The predicted octanol–water partition coefficient (Wildman–Crippen LogP) is 7.86. The van der Waals surface area contributed by atoms with Gasteiger partial charge in [0.15, 0.2) is 16.6 Å². The van der Waals surface area contributed by atoms with Crippen molar-refractivity contribution >= 4 is 45.7 Å². The first-order chi connectivity index (χ1) is 20.4. The third kappa shape index (κ3) is 6.99. The van der Waals surface area contributed by atoms with Crippen LogP contribution >= 0.6 is 23.1 Å². The van der Waals surface area contributed by atoms with Crippen molar-refractivity contribution in [3.05, 3.63) is 119 Å². The number of carbonyl (C=O) groups excluding carboxylic acids is 2. The van der Waals surface area contributed by atoms with E-state index < -0.39 is 5.25 Å². The molecule has 2 N–H and O–H groups in total. The maximum atomic E-state index is 13.6. The summed E-state index contributed by atoms with van der Waals surface area (Å²) in [5.74, 6) is 0.886. The molecule has 0 spiro atoms. The molecule has 7 nitrogen and oxygen atoms in total. The van der Waals surface area contributed by atoms with Gasteiger partial charge in [0, 0.05) is 27.1 Å². The van der Waals surface area contributed by atoms with Crippen molar-refractivity contribution in [2.45, 2.75) is 17.1 Å². The standard InChI is InChI=1S/C33H29N3O4S2/c1-21-8-7-11-24(18-21)31(37)34-25-13-15-26(16-14-25)42-30(22-9-5-4-6-10-22)32(38)36-33-35-27(20-41-33)23-12-17-28(39-2)29(19-23)40-3/h4-20,30H,1-3H3,(H,34,37)(H,35,36,38). The quantitative estimate of drug-likeness (QED) is 0.160. The van der Waals surface area contributed by atoms with Crippen LogP contribution in [0.3, 0.4) is 0 Å². The number of amides is 2. The first kappa shape index (κ1) is 28.9. The second-order valence-electron chi connectivity index (χ2n) is 9.35. The lowest BCUT2D eigenvalue weighted by atomic mass is 10.1. The van der Waals surface area contributed by atoms with Crippen LogP contribution in [0.4, 0.5) is 10.8 Å². The Labute approximate surface area is 252 Å². The Morgan fingerprint density at radius 2 is 1.60 bits per heavy atom. The van der Waals surface area contributed by atoms with E-state index in [1.807, 2.05) is 103 Å². The van der Waals surface area contributed by atoms with Crippen LogP contribution in [0.15, 0.2) is 107 Å². The maximum Gasteiger partial charge on any atom is 0.255 e. The number of aryl methyl sites for hydroxylation is 1. The Morgan fingerprint density at radius 1 is 0.833 bits per heavy atom. The van der Waals surface area contributed by atoms with Crippen LogP contribution in [-0.2, 0) is 4.79 Å². The van der Waals surface area contributed by atoms with Crippen molar-refractivity contribution in [1.29, 1.82) is 0 Å². The monoisotopic (exact) mass is 595 g/mol. The highest BCUT2D eigenvalue weighted by Crippen LogP contribution is 2.38. The number of hydrogen-bond acceptors (Lipinski definition) is 7. The summed E-state index contributed by atoms with van der Waals surface area (Å²) in [5.41, 5.74) is 4.75. The topological polar surface area (TPSA) is 89.6 Å². The van der Waals surface area contributed by atoms with Gasteiger partial charge in [-0.15, -0.1) is 23.1 Å². The van der Waals surface area contributed by atoms with E-state index in [-0.39, 0.29) is 11.8 Å². The molecule has 0 saturated carbocycles. The number of anilines is 2. The highest BCUT2D eigenvalue weighted by molar-refractivity contribution is 8.00. The predicted molar refractivity (Wildman–Crippen MR) is 170 cm³/mol. The van der Waals surface area contributed by atoms with Crippen LogP contribution in [-0.4, -0.2) is 31.0 Å². The van der Waals surface area contributed by atoms with Gasteiger partial charge in [0.05, 0.1) is 19.9 Å². The van der Waals surface area contributed by atoms with Gasteiger partial charge < -0.3 is 20.1 Å². The molecule has 1 heterocycles. The van der Waals surface area contributed by atoms with Gasteiger partial charge in [-0.2, -0.15) is 0 Å². The van der Waals surface area contributed by atoms with Gasteiger partial charge in [0.25, 0.3) is 5.91 Å². The second-order valence-corrected chi connectivity index (χ2v) is 11.4. The molecule has 0 bridgehead atoms. The van der Waals surface area contributed by atoms with Crippen molar-refractivity contribution in [2.75, 3.05) is 24.9 Å². The fourth-order valence-electron chi connectivity index (χ4n) is 4.27. The van der Waals surface area contributed by atoms with E-state index in [2.05, 4.69) is 15.6 Å². The summed E-state index contributed by atoms with van der Waals surface area (Å²) in [5, 5.41) is 7.80. The highest BCUT2D eigenvalue weighted by Gasteiger charge is 2.23. The van der Waals surface area contributed by atoms with Gasteiger partial charge >= 0.3 is 0 Å². The molecule has 0 radical (unpaired) electrons. The van der Waals surface area contributed by atoms with Gasteiger partial charge in [0.1, 0.15) is 5.25 Å². The molecule has 1 aromatic heterocycles. The van der Waals surface area contributed by atoms with Crippen molar-refractivity contribution in [3.8, 4) is 22.8 Å². The van der Waals surface area contributed by atoms with Gasteiger partial charge in [-0.05, 0) is 67.1 Å². The Hall–Kier alpha value is -4.60. The van der Waals surface area contributed by atoms with Gasteiger partial charge in [-0.25, -0.2) is 4.98 Å². The number of hydrogen-bond donors (Lipinski definition) is 2. The number of ether oxygens (including phenoxy) is 2. The Morgan fingerprint density at radius 3 is 2.31 bits per heavy atom. The van der Waals surface area contributed by atoms with E-state index in [4.69, 9.17) is 9.47 Å². The van der Waals surface area contributed by atoms with E-state index in [9.17, 15) is 9.59 Å². The molecule has 0 aliphatic carbocycles. The second kappa shape index (κ2) is 13.4. The zero-order valence-corrected chi connectivity index (χ0v) is 24.9. The molecule has 0 fully saturated rings. The molecule has 2 amide bonds. The van der Waals surface area contributed by atoms with E-state index in [1.165, 1.54) is 23.1 Å². The average Bonchev–Trinajstić information content (AvgIpc) is 3.49. The largest absolute Gasteiger partial charge is 0.493 e. The molecule has 1 atom stereocenters. The highest BCUT2D eigenvalue weighted by atomic mass is 32.2. The molecule has 4 aromatic carbocycles. The molecular formula is C33H29N3O4S2. The lowest BCUT2D eigenvalue weighted by Gasteiger charge is -2.16. The number of rotatable bonds is 10. The van der Waals surface area contributed by atoms with E-state index in [0.717, 1.165) is 27.3 Å². The SMILES string of the molecule is COc1ccc(-c2csc(NC(=O)C(Sc3ccc(NC(=O)c4cccc(C)c4)cc3)c3ccccc3)n2)cc1OC. The fraction of sp³-hybridized carbons (Fsp3) is 0.121. The van der Waals surface area contributed by atoms with E-state index in [0.29, 0.717) is 27.9 Å². The normalized spacial score (nSPS) is 11.4. The Balaban J connectivity index is 1.30. The Bertz CT molecular complexity index is 1690. The minimum Gasteiger partial charge on any atom is -0.493 e. The van der Waals surface area contributed by atoms with Crippen LogP contribution in [0, 0.1) is 6.92 Å². The molecule has 0 saturated heterocycles. The lowest BCUT2D eigenvalue weighted by Crippen LogP contribution is -2.19. The van der Waals surface area contributed by atoms with Crippen molar-refractivity contribution in [2.24, 2.45) is 0 Å². The number of nitrogens with zero attached hydrogens (tertiary/aromatic N) is 1. The zero-order valence-electron chi connectivity index (χ0n) is 23.3. The molecular weight excluding hydrogens is 567 g/mol. The fourth-order valence-corrected chi connectivity index (χ4v) is 6.02. The molecule has 5 rings (SSSR count). The zero-order chi connectivity index (χ0) is 29.5. The average molecular weight is 596 g/mol. The molecule has 5 aromatic rings. The van der Waals surface area contributed by atoms with Gasteiger partial charge in [0.2, 0.25) is 5.91 Å². The number of methoxy groups -OCH3 is 2. The van der Waals surface area contributed by atoms with Crippen molar-refractivity contribution in [3.63, 3.8) is 0 Å². The Kier molecular flexibility index (Phi) is 9.21. The van der Waals surface area contributed by atoms with Crippen LogP contribution in [0.2, 0.25) is 0 Å². The van der Waals surface area contributed by atoms with Gasteiger partial charge in [-0.1, -0.05) is 48.0 Å². The number of thiazole rings is 1. The molecule has 0 aliphatic rings. The minimum atomic E-state index is -0.521. The number of nitrogens with one attached hydrogen (secondary N) is 2. The summed E-state index contributed by atoms with van der Waals surface area (Å²) in [6, 6.07) is 30.1. The molecule has 1 unspecified atom stereocenters. The van der Waals surface area contributed by atoms with E-state index in [1.54, 1.807) is 20.3 Å². The molecule has 9 heteroatoms. The van der Waals surface area contributed by atoms with E-state index >= 15 is 0 Å². The maximum absolute atomic E-state index is 13.6. The number of carbonyl (C=O) groups is 2. The lowest BCUT2D eigenvalue weighted by molar-refractivity contribution is -0.115. The number of benzene rings is 4. The van der Waals surface area contributed by atoms with Crippen LogP contribution in [0.1, 0.15) is 26.7 Å². The molecule has 0 aliphatic heterocycles. The molecule has 42 heavy (non-hydrogen) atoms. The van der Waals surface area contributed by atoms with Crippen LogP contribution in [0.5, 0.6) is 11.5 Å². The summed E-state index contributed by atoms with van der Waals surface area (Å²) < 4.78 is 10.7. The molecule has 212 valence electrons. The van der Waals surface area contributed by atoms with Gasteiger partial charge in [-0.3, -0.25) is 9.59 Å². The number of thioether (sulfide) groups is 1. The summed E-state index contributed by atoms with van der Waals surface area (Å²) >= 11 is 2.79. The summed E-state index contributed by atoms with van der Waals surface area (Å²) in [6.07, 6.45) is 0. The smallest absolute Gasteiger partial charge is 0.255 e. The first-order valence-corrected chi connectivity index (χ1v) is 14.9. The summed E-state index contributed by atoms with van der Waals surface area (Å²) in [7, 11) is 3.18. The summed E-state index contributed by atoms with van der Waals surface area (Å²) in [4.78, 5) is 31.8. The summed E-state index contributed by atoms with van der Waals surface area (Å²) in [6.45, 7) is 1.95. The van der Waals surface area contributed by atoms with Crippen LogP contribution < -0.4 is 20.1 Å². The van der Waals surface area contributed by atoms with Crippen LogP contribution in [0.25, 0.3) is 11.3 Å². The van der Waals surface area contributed by atoms with Crippen molar-refractivity contribution < 1.29 is 19.1 Å². The first-order valence-electron chi connectivity index (χ1n) is 13.1. The van der Waals surface area contributed by atoms with Crippen molar-refractivity contribution in [1.82, 2.24) is 4.98 Å².